The molecule has 0 heterocycles. The van der Waals surface area contributed by atoms with E-state index in [1.807, 2.05) is 18.2 Å². The summed E-state index contributed by atoms with van der Waals surface area (Å²) < 4.78 is 29.3. The fourth-order valence-electron chi connectivity index (χ4n) is 2.52. The first-order chi connectivity index (χ1) is 14.1. The molecule has 0 unspecified atom stereocenters. The molecular weight excluding hydrogens is 378 g/mol. The molecule has 3 aromatic carbocycles. The minimum atomic E-state index is -2.92. The molecule has 5 nitrogen and oxygen atoms in total. The van der Waals surface area contributed by atoms with E-state index in [4.69, 9.17) is 4.84 Å². The van der Waals surface area contributed by atoms with Gasteiger partial charge in [0.25, 0.3) is 5.91 Å². The van der Waals surface area contributed by atoms with Crippen LogP contribution in [0.5, 0.6) is 5.75 Å². The highest BCUT2D eigenvalue weighted by Gasteiger charge is 2.08. The molecular formula is C22H18F2N2O3. The van der Waals surface area contributed by atoms with Crippen LogP contribution < -0.4 is 10.1 Å². The Labute approximate surface area is 166 Å². The normalized spacial score (nSPS) is 10.9. The predicted molar refractivity (Wildman–Crippen MR) is 106 cm³/mol. The van der Waals surface area contributed by atoms with E-state index >= 15 is 0 Å². The molecule has 3 aromatic rings. The zero-order chi connectivity index (χ0) is 20.5. The third-order valence-electron chi connectivity index (χ3n) is 3.85. The highest BCUT2D eigenvalue weighted by Crippen LogP contribution is 2.18. The summed E-state index contributed by atoms with van der Waals surface area (Å²) in [7, 11) is 0. The molecule has 1 N–H and O–H groups in total. The van der Waals surface area contributed by atoms with Crippen molar-refractivity contribution < 1.29 is 23.1 Å². The van der Waals surface area contributed by atoms with Gasteiger partial charge in [-0.25, -0.2) is 0 Å². The van der Waals surface area contributed by atoms with Gasteiger partial charge < -0.3 is 14.9 Å². The molecule has 0 radical (unpaired) electrons. The summed E-state index contributed by atoms with van der Waals surface area (Å²) in [4.78, 5) is 17.6. The zero-order valence-electron chi connectivity index (χ0n) is 15.3. The van der Waals surface area contributed by atoms with Crippen LogP contribution in [0, 0.1) is 0 Å². The van der Waals surface area contributed by atoms with Crippen molar-refractivity contribution in [2.45, 2.75) is 13.2 Å². The summed E-state index contributed by atoms with van der Waals surface area (Å²) in [5.41, 5.74) is 2.28. The van der Waals surface area contributed by atoms with Crippen LogP contribution in [0.4, 0.5) is 14.5 Å². The van der Waals surface area contributed by atoms with Gasteiger partial charge in [-0.3, -0.25) is 4.79 Å². The molecule has 0 fully saturated rings. The second kappa shape index (κ2) is 9.98. The van der Waals surface area contributed by atoms with Gasteiger partial charge in [0.1, 0.15) is 12.4 Å². The molecule has 0 aliphatic carbocycles. The van der Waals surface area contributed by atoms with Crippen molar-refractivity contribution in [3.8, 4) is 5.75 Å². The fraction of sp³-hybridized carbons (Fsp3) is 0.0909. The molecule has 0 aliphatic rings. The summed E-state index contributed by atoms with van der Waals surface area (Å²) >= 11 is 0. The van der Waals surface area contributed by atoms with Crippen LogP contribution in [0.25, 0.3) is 0 Å². The lowest BCUT2D eigenvalue weighted by molar-refractivity contribution is -0.0499. The van der Waals surface area contributed by atoms with Crippen molar-refractivity contribution >= 4 is 17.8 Å². The number of anilines is 1. The molecule has 0 spiro atoms. The standard InChI is InChI=1S/C22H18F2N2O3/c23-22(24)29-20-12-5-4-8-18(20)14-25-28-15-16-7-6-9-17(13-16)21(27)26-19-10-2-1-3-11-19/h1-14,22H,15H2,(H,26,27). The first-order valence-electron chi connectivity index (χ1n) is 8.76. The molecule has 0 aromatic heterocycles. The first kappa shape index (κ1) is 20.0. The van der Waals surface area contributed by atoms with Crippen LogP contribution >= 0.6 is 0 Å². The largest absolute Gasteiger partial charge is 0.434 e. The van der Waals surface area contributed by atoms with Crippen LogP contribution in [0.2, 0.25) is 0 Å². The molecule has 0 saturated carbocycles. The van der Waals surface area contributed by atoms with Crippen molar-refractivity contribution in [3.63, 3.8) is 0 Å². The van der Waals surface area contributed by atoms with E-state index in [2.05, 4.69) is 15.2 Å². The van der Waals surface area contributed by atoms with Crippen LogP contribution in [0.15, 0.2) is 84.0 Å². The highest BCUT2D eigenvalue weighted by molar-refractivity contribution is 6.04. The van der Waals surface area contributed by atoms with Gasteiger partial charge in [-0.15, -0.1) is 0 Å². The smallest absolute Gasteiger partial charge is 0.387 e. The van der Waals surface area contributed by atoms with Gasteiger partial charge in [-0.05, 0) is 42.0 Å². The molecule has 1 amide bonds. The monoisotopic (exact) mass is 396 g/mol. The number of ether oxygens (including phenoxy) is 1. The molecule has 3 rings (SSSR count). The number of hydrogen-bond acceptors (Lipinski definition) is 4. The third kappa shape index (κ3) is 6.14. The van der Waals surface area contributed by atoms with E-state index < -0.39 is 6.61 Å². The number of carbonyl (C=O) groups excluding carboxylic acids is 1. The number of rotatable bonds is 8. The lowest BCUT2D eigenvalue weighted by atomic mass is 10.1. The van der Waals surface area contributed by atoms with Crippen molar-refractivity contribution in [2.75, 3.05) is 5.32 Å². The Morgan fingerprint density at radius 3 is 2.55 bits per heavy atom. The lowest BCUT2D eigenvalue weighted by Crippen LogP contribution is -2.12. The molecule has 148 valence electrons. The number of alkyl halides is 2. The summed E-state index contributed by atoms with van der Waals surface area (Å²) in [5.74, 6) is -0.228. The quantitative estimate of drug-likeness (QED) is 0.426. The molecule has 0 saturated heterocycles. The van der Waals surface area contributed by atoms with E-state index in [0.717, 1.165) is 5.56 Å². The van der Waals surface area contributed by atoms with Crippen LogP contribution in [0.1, 0.15) is 21.5 Å². The maximum atomic E-state index is 12.4. The second-order valence-corrected chi connectivity index (χ2v) is 5.94. The summed E-state index contributed by atoms with van der Waals surface area (Å²) in [6.07, 6.45) is 1.30. The number of para-hydroxylation sites is 2. The molecule has 0 atom stereocenters. The van der Waals surface area contributed by atoms with Gasteiger partial charge in [0.05, 0.1) is 6.21 Å². The SMILES string of the molecule is O=C(Nc1ccccc1)c1cccc(CON=Cc2ccccc2OC(F)F)c1. The Balaban J connectivity index is 1.59. The fourth-order valence-corrected chi connectivity index (χ4v) is 2.52. The summed E-state index contributed by atoms with van der Waals surface area (Å²) in [5, 5.41) is 6.61. The number of hydrogen-bond donors (Lipinski definition) is 1. The van der Waals surface area contributed by atoms with Crippen molar-refractivity contribution in [3.05, 3.63) is 95.6 Å². The van der Waals surface area contributed by atoms with E-state index in [-0.39, 0.29) is 18.3 Å². The Morgan fingerprint density at radius 2 is 1.76 bits per heavy atom. The Hall–Kier alpha value is -3.74. The van der Waals surface area contributed by atoms with Crippen molar-refractivity contribution in [1.29, 1.82) is 0 Å². The zero-order valence-corrected chi connectivity index (χ0v) is 15.3. The number of halogens is 2. The first-order valence-corrected chi connectivity index (χ1v) is 8.76. The topological polar surface area (TPSA) is 59.9 Å². The minimum Gasteiger partial charge on any atom is -0.434 e. The molecule has 0 bridgehead atoms. The average molecular weight is 396 g/mol. The Bertz CT molecular complexity index is 979. The van der Waals surface area contributed by atoms with Gasteiger partial charge in [0.2, 0.25) is 0 Å². The molecule has 7 heteroatoms. The minimum absolute atomic E-state index is 0.00873. The van der Waals surface area contributed by atoms with Gasteiger partial charge >= 0.3 is 6.61 Å². The van der Waals surface area contributed by atoms with E-state index in [1.54, 1.807) is 54.6 Å². The van der Waals surface area contributed by atoms with E-state index in [0.29, 0.717) is 16.8 Å². The second-order valence-electron chi connectivity index (χ2n) is 5.94. The number of oxime groups is 1. The lowest BCUT2D eigenvalue weighted by Gasteiger charge is -2.07. The van der Waals surface area contributed by atoms with Gasteiger partial charge in [-0.1, -0.05) is 47.6 Å². The summed E-state index contributed by atoms with van der Waals surface area (Å²) in [6.45, 7) is -2.81. The maximum absolute atomic E-state index is 12.4. The maximum Gasteiger partial charge on any atom is 0.387 e. The van der Waals surface area contributed by atoms with Gasteiger partial charge in [-0.2, -0.15) is 8.78 Å². The Kier molecular flexibility index (Phi) is 6.89. The number of nitrogens with one attached hydrogen (secondary N) is 1. The number of carbonyl (C=O) groups is 1. The Morgan fingerprint density at radius 1 is 1.00 bits per heavy atom. The van der Waals surface area contributed by atoms with Crippen molar-refractivity contribution in [2.24, 2.45) is 5.16 Å². The average Bonchev–Trinajstić information content (AvgIpc) is 2.73. The predicted octanol–water partition coefficient (Wildman–Crippen LogP) is 5.09. The van der Waals surface area contributed by atoms with E-state index in [9.17, 15) is 13.6 Å². The van der Waals surface area contributed by atoms with Crippen LogP contribution in [0.3, 0.4) is 0 Å². The molecule has 0 aliphatic heterocycles. The van der Waals surface area contributed by atoms with Crippen LogP contribution in [-0.4, -0.2) is 18.7 Å². The van der Waals surface area contributed by atoms with Gasteiger partial charge in [0.15, 0.2) is 0 Å². The van der Waals surface area contributed by atoms with Gasteiger partial charge in [0, 0.05) is 16.8 Å². The third-order valence-corrected chi connectivity index (χ3v) is 3.85. The van der Waals surface area contributed by atoms with Crippen LogP contribution in [-0.2, 0) is 11.4 Å². The van der Waals surface area contributed by atoms with Crippen molar-refractivity contribution in [1.82, 2.24) is 0 Å². The number of amides is 1. The highest BCUT2D eigenvalue weighted by atomic mass is 19.3. The van der Waals surface area contributed by atoms with E-state index in [1.165, 1.54) is 12.3 Å². The summed E-state index contributed by atoms with van der Waals surface area (Å²) in [6, 6.07) is 22.3. The number of nitrogens with zero attached hydrogens (tertiary/aromatic N) is 1. The number of benzene rings is 3. The molecule has 29 heavy (non-hydrogen) atoms.